The van der Waals surface area contributed by atoms with Crippen molar-refractivity contribution >= 4 is 31.9 Å². The Balaban J connectivity index is 3.20. The van der Waals surface area contributed by atoms with Crippen molar-refractivity contribution in [3.63, 3.8) is 0 Å². The number of benzene rings is 1. The second-order valence-corrected chi connectivity index (χ2v) is 15.1. The fraction of sp³-hybridized carbons (Fsp3) is 0.684. The lowest BCUT2D eigenvalue weighted by Crippen LogP contribution is -2.41. The SMILES string of the molecule is BC[C@H](O[Si](C)(C)C(C)(C)C)c1ccc(OCCCC)c(NS(C)(=O)=O)c1. The van der Waals surface area contributed by atoms with Gasteiger partial charge in [0, 0.05) is 0 Å². The van der Waals surface area contributed by atoms with Gasteiger partial charge >= 0.3 is 0 Å². The van der Waals surface area contributed by atoms with Gasteiger partial charge in [-0.05, 0) is 42.2 Å². The summed E-state index contributed by atoms with van der Waals surface area (Å²) in [6.45, 7) is 13.8. The fourth-order valence-electron chi connectivity index (χ4n) is 2.40. The van der Waals surface area contributed by atoms with Crippen LogP contribution in [0.5, 0.6) is 5.75 Å². The van der Waals surface area contributed by atoms with Crippen molar-refractivity contribution in [1.82, 2.24) is 0 Å². The molecule has 0 fully saturated rings. The summed E-state index contributed by atoms with van der Waals surface area (Å²) in [4.78, 5) is 0. The van der Waals surface area contributed by atoms with Gasteiger partial charge in [-0.3, -0.25) is 4.72 Å². The van der Waals surface area contributed by atoms with Crippen LogP contribution in [0.3, 0.4) is 0 Å². The molecule has 1 rings (SSSR count). The highest BCUT2D eigenvalue weighted by Gasteiger charge is 2.39. The van der Waals surface area contributed by atoms with Gasteiger partial charge in [-0.15, -0.1) is 0 Å². The standard InChI is InChI=1S/C19H36BNO4SSi/c1-8-9-12-24-17-11-10-15(13-16(17)21-26(5,22)23)18(14-20)25-27(6,7)19(2,3)4/h10-11,13,18,21H,8-9,12,14,20H2,1-7H3/t18-/m0/s1. The Morgan fingerprint density at radius 2 is 1.89 bits per heavy atom. The van der Waals surface area contributed by atoms with Crippen molar-refractivity contribution in [1.29, 1.82) is 0 Å². The van der Waals surface area contributed by atoms with E-state index in [4.69, 9.17) is 9.16 Å². The van der Waals surface area contributed by atoms with Crippen molar-refractivity contribution < 1.29 is 17.6 Å². The summed E-state index contributed by atoms with van der Waals surface area (Å²) >= 11 is 0. The van der Waals surface area contributed by atoms with Crippen molar-refractivity contribution in [2.75, 3.05) is 17.6 Å². The first kappa shape index (κ1) is 24.1. The highest BCUT2D eigenvalue weighted by atomic mass is 32.2. The van der Waals surface area contributed by atoms with E-state index < -0.39 is 18.3 Å². The van der Waals surface area contributed by atoms with Crippen LogP contribution in [0.2, 0.25) is 24.5 Å². The molecule has 0 aliphatic heterocycles. The van der Waals surface area contributed by atoms with Gasteiger partial charge in [0.15, 0.2) is 8.32 Å². The second kappa shape index (κ2) is 9.48. The lowest BCUT2D eigenvalue weighted by atomic mass is 9.94. The topological polar surface area (TPSA) is 64.6 Å². The van der Waals surface area contributed by atoms with E-state index >= 15 is 0 Å². The van der Waals surface area contributed by atoms with Gasteiger partial charge in [-0.2, -0.15) is 0 Å². The first-order valence-electron chi connectivity index (χ1n) is 9.73. The first-order valence-corrected chi connectivity index (χ1v) is 14.5. The number of sulfonamides is 1. The zero-order valence-corrected chi connectivity index (χ0v) is 20.0. The molecule has 0 bridgehead atoms. The van der Waals surface area contributed by atoms with Crippen LogP contribution in [0.15, 0.2) is 18.2 Å². The van der Waals surface area contributed by atoms with Crippen LogP contribution >= 0.6 is 0 Å². The van der Waals surface area contributed by atoms with Gasteiger partial charge in [-0.1, -0.05) is 46.5 Å². The molecule has 8 heteroatoms. The average molecular weight is 413 g/mol. The predicted octanol–water partition coefficient (Wildman–Crippen LogP) is 4.35. The summed E-state index contributed by atoms with van der Waals surface area (Å²) in [5, 5.41) is 0.109. The quantitative estimate of drug-likeness (QED) is 0.458. The van der Waals surface area contributed by atoms with Crippen molar-refractivity contribution in [2.24, 2.45) is 0 Å². The Morgan fingerprint density at radius 1 is 1.26 bits per heavy atom. The molecule has 1 N–H and O–H groups in total. The summed E-state index contributed by atoms with van der Waals surface area (Å²) in [5.41, 5.74) is 1.44. The maximum atomic E-state index is 11.8. The Kier molecular flexibility index (Phi) is 8.44. The fourth-order valence-corrected chi connectivity index (χ4v) is 4.33. The first-order chi connectivity index (χ1) is 12.3. The Morgan fingerprint density at radius 3 is 2.37 bits per heavy atom. The largest absolute Gasteiger partial charge is 0.491 e. The Hall–Kier alpha value is -0.988. The van der Waals surface area contributed by atoms with E-state index in [1.807, 2.05) is 18.2 Å². The molecule has 1 aromatic rings. The number of ether oxygens (including phenoxy) is 1. The molecule has 0 spiro atoms. The molecule has 0 heterocycles. The zero-order chi connectivity index (χ0) is 20.9. The second-order valence-electron chi connectivity index (χ2n) is 8.61. The van der Waals surface area contributed by atoms with E-state index in [9.17, 15) is 8.42 Å². The molecule has 0 saturated heterocycles. The van der Waals surface area contributed by atoms with Gasteiger partial charge in [0.05, 0.1) is 24.7 Å². The van der Waals surface area contributed by atoms with Crippen LogP contribution in [-0.2, 0) is 14.4 Å². The van der Waals surface area contributed by atoms with Gasteiger partial charge in [0.2, 0.25) is 10.0 Å². The summed E-state index contributed by atoms with van der Waals surface area (Å²) in [6, 6.07) is 5.68. The molecule has 1 atom stereocenters. The normalized spacial score (nSPS) is 14.0. The monoisotopic (exact) mass is 413 g/mol. The van der Waals surface area contributed by atoms with E-state index in [1.54, 1.807) is 0 Å². The number of hydrogen-bond acceptors (Lipinski definition) is 4. The number of rotatable bonds is 10. The maximum absolute atomic E-state index is 11.8. The van der Waals surface area contributed by atoms with E-state index in [0.29, 0.717) is 18.0 Å². The van der Waals surface area contributed by atoms with E-state index in [0.717, 1.165) is 31.0 Å². The van der Waals surface area contributed by atoms with Crippen LogP contribution in [0.4, 0.5) is 5.69 Å². The van der Waals surface area contributed by atoms with E-state index in [-0.39, 0.29) is 11.1 Å². The third-order valence-corrected chi connectivity index (χ3v) is 10.1. The number of hydrogen-bond donors (Lipinski definition) is 1. The molecule has 0 radical (unpaired) electrons. The van der Waals surface area contributed by atoms with Crippen LogP contribution < -0.4 is 9.46 Å². The minimum Gasteiger partial charge on any atom is -0.491 e. The molecule has 0 aromatic heterocycles. The average Bonchev–Trinajstić information content (AvgIpc) is 2.51. The van der Waals surface area contributed by atoms with Gasteiger partial charge in [0.1, 0.15) is 13.6 Å². The van der Waals surface area contributed by atoms with Crippen LogP contribution in [0, 0.1) is 0 Å². The molecular weight excluding hydrogens is 377 g/mol. The molecule has 1 aromatic carbocycles. The highest BCUT2D eigenvalue weighted by Crippen LogP contribution is 2.41. The molecule has 0 unspecified atom stereocenters. The minimum absolute atomic E-state index is 0.0734. The molecule has 0 aliphatic carbocycles. The molecule has 27 heavy (non-hydrogen) atoms. The summed E-state index contributed by atoms with van der Waals surface area (Å²) in [6.07, 6.45) is 3.84. The molecule has 0 aliphatic rings. The van der Waals surface area contributed by atoms with E-state index in [1.165, 1.54) is 0 Å². The molecule has 154 valence electrons. The molecule has 5 nitrogen and oxygen atoms in total. The van der Waals surface area contributed by atoms with Crippen LogP contribution in [0.1, 0.15) is 52.2 Å². The molecular formula is C19H36BNO4SSi. The van der Waals surface area contributed by atoms with Gasteiger partial charge in [0.25, 0.3) is 0 Å². The lowest BCUT2D eigenvalue weighted by Gasteiger charge is -2.39. The summed E-state index contributed by atoms with van der Waals surface area (Å²) < 4.78 is 38.6. The maximum Gasteiger partial charge on any atom is 0.229 e. The van der Waals surface area contributed by atoms with Crippen LogP contribution in [0.25, 0.3) is 0 Å². The van der Waals surface area contributed by atoms with Crippen molar-refractivity contribution in [2.45, 2.75) is 71.1 Å². The number of nitrogens with one attached hydrogen (secondary N) is 1. The summed E-state index contributed by atoms with van der Waals surface area (Å²) in [5.74, 6) is 0.555. The Labute approximate surface area is 167 Å². The zero-order valence-electron chi connectivity index (χ0n) is 18.2. The minimum atomic E-state index is -3.40. The van der Waals surface area contributed by atoms with Gasteiger partial charge < -0.3 is 9.16 Å². The molecule has 0 saturated carbocycles. The number of unbranched alkanes of at least 4 members (excludes halogenated alkanes) is 1. The summed E-state index contributed by atoms with van der Waals surface area (Å²) in [7, 11) is -3.25. The van der Waals surface area contributed by atoms with Crippen LogP contribution in [-0.4, -0.2) is 37.4 Å². The Bertz CT molecular complexity index is 717. The number of anilines is 1. The third-order valence-electron chi connectivity index (χ3n) is 5.04. The smallest absolute Gasteiger partial charge is 0.229 e. The third kappa shape index (κ3) is 7.50. The predicted molar refractivity (Wildman–Crippen MR) is 120 cm³/mol. The van der Waals surface area contributed by atoms with Crippen molar-refractivity contribution in [3.05, 3.63) is 23.8 Å². The van der Waals surface area contributed by atoms with Crippen molar-refractivity contribution in [3.8, 4) is 5.75 Å². The van der Waals surface area contributed by atoms with Gasteiger partial charge in [-0.25, -0.2) is 8.42 Å². The van der Waals surface area contributed by atoms with E-state index in [2.05, 4.69) is 53.4 Å². The highest BCUT2D eigenvalue weighted by molar-refractivity contribution is 7.92. The molecule has 0 amide bonds. The lowest BCUT2D eigenvalue weighted by molar-refractivity contribution is 0.203.